The van der Waals surface area contributed by atoms with Crippen LogP contribution in [-0.2, 0) is 0 Å². The third kappa shape index (κ3) is 2.42. The van der Waals surface area contributed by atoms with Crippen LogP contribution in [0.15, 0.2) is 12.4 Å². The van der Waals surface area contributed by atoms with E-state index < -0.39 is 0 Å². The third-order valence-corrected chi connectivity index (χ3v) is 2.37. The van der Waals surface area contributed by atoms with E-state index >= 15 is 0 Å². The molecule has 0 aliphatic carbocycles. The molecule has 1 aliphatic heterocycles. The van der Waals surface area contributed by atoms with E-state index in [2.05, 4.69) is 15.3 Å². The van der Waals surface area contributed by atoms with E-state index in [0.29, 0.717) is 12.6 Å². The second kappa shape index (κ2) is 4.37. The van der Waals surface area contributed by atoms with Crippen molar-refractivity contribution in [3.63, 3.8) is 0 Å². The van der Waals surface area contributed by atoms with Crippen molar-refractivity contribution in [1.29, 1.82) is 0 Å². The van der Waals surface area contributed by atoms with Crippen molar-refractivity contribution in [2.45, 2.75) is 25.8 Å². The van der Waals surface area contributed by atoms with Crippen LogP contribution in [0.4, 0.5) is 0 Å². The normalized spacial score (nSPS) is 21.1. The minimum Gasteiger partial charge on any atom is -0.489 e. The molecule has 1 aliphatic rings. The topological polar surface area (TPSA) is 47.0 Å². The first kappa shape index (κ1) is 9.40. The summed E-state index contributed by atoms with van der Waals surface area (Å²) >= 11 is 0. The molecule has 1 aromatic rings. The standard InChI is InChI=1S/C10H15N3O/c1-8-12-5-10(6-13-8)14-7-9-3-2-4-11-9/h5-6,9,11H,2-4,7H2,1H3. The van der Waals surface area contributed by atoms with Crippen LogP contribution in [0.3, 0.4) is 0 Å². The largest absolute Gasteiger partial charge is 0.489 e. The maximum Gasteiger partial charge on any atom is 0.155 e. The highest BCUT2D eigenvalue weighted by atomic mass is 16.5. The van der Waals surface area contributed by atoms with Gasteiger partial charge >= 0.3 is 0 Å². The summed E-state index contributed by atoms with van der Waals surface area (Å²) in [5, 5.41) is 3.37. The van der Waals surface area contributed by atoms with Gasteiger partial charge in [0, 0.05) is 6.04 Å². The monoisotopic (exact) mass is 193 g/mol. The van der Waals surface area contributed by atoms with Gasteiger partial charge in [0.2, 0.25) is 0 Å². The van der Waals surface area contributed by atoms with Crippen LogP contribution in [0, 0.1) is 6.92 Å². The third-order valence-electron chi connectivity index (χ3n) is 2.37. The Labute approximate surface area is 83.7 Å². The number of hydrogen-bond donors (Lipinski definition) is 1. The zero-order chi connectivity index (χ0) is 9.80. The highest BCUT2D eigenvalue weighted by Crippen LogP contribution is 2.09. The van der Waals surface area contributed by atoms with Gasteiger partial charge in [0.1, 0.15) is 12.4 Å². The lowest BCUT2D eigenvalue weighted by molar-refractivity contribution is 0.275. The lowest BCUT2D eigenvalue weighted by Gasteiger charge is -2.11. The van der Waals surface area contributed by atoms with Crippen LogP contribution in [0.25, 0.3) is 0 Å². The minimum atomic E-state index is 0.497. The average Bonchev–Trinajstić information content (AvgIpc) is 2.70. The van der Waals surface area contributed by atoms with Crippen molar-refractivity contribution < 1.29 is 4.74 Å². The summed E-state index contributed by atoms with van der Waals surface area (Å²) < 4.78 is 5.56. The molecule has 1 atom stereocenters. The quantitative estimate of drug-likeness (QED) is 0.775. The number of hydrogen-bond acceptors (Lipinski definition) is 4. The minimum absolute atomic E-state index is 0.497. The average molecular weight is 193 g/mol. The van der Waals surface area contributed by atoms with Gasteiger partial charge in [-0.1, -0.05) is 0 Å². The molecule has 1 fully saturated rings. The van der Waals surface area contributed by atoms with Gasteiger partial charge in [0.15, 0.2) is 5.75 Å². The number of rotatable bonds is 3. The number of ether oxygens (including phenoxy) is 1. The number of nitrogens with zero attached hydrogens (tertiary/aromatic N) is 2. The Hall–Kier alpha value is -1.16. The van der Waals surface area contributed by atoms with Crippen molar-refractivity contribution in [1.82, 2.24) is 15.3 Å². The molecular formula is C10H15N3O. The van der Waals surface area contributed by atoms with Crippen LogP contribution < -0.4 is 10.1 Å². The van der Waals surface area contributed by atoms with Crippen molar-refractivity contribution in [3.05, 3.63) is 18.2 Å². The second-order valence-electron chi connectivity index (χ2n) is 3.57. The van der Waals surface area contributed by atoms with Crippen molar-refractivity contribution in [2.24, 2.45) is 0 Å². The van der Waals surface area contributed by atoms with E-state index in [1.807, 2.05) is 6.92 Å². The van der Waals surface area contributed by atoms with Crippen molar-refractivity contribution in [2.75, 3.05) is 13.2 Å². The van der Waals surface area contributed by atoms with Gasteiger partial charge in [-0.25, -0.2) is 9.97 Å². The summed E-state index contributed by atoms with van der Waals surface area (Å²) in [4.78, 5) is 8.14. The fourth-order valence-electron chi connectivity index (χ4n) is 1.55. The van der Waals surface area contributed by atoms with Crippen LogP contribution in [0.1, 0.15) is 18.7 Å². The molecular weight excluding hydrogens is 178 g/mol. The van der Waals surface area contributed by atoms with E-state index in [9.17, 15) is 0 Å². The molecule has 1 aromatic heterocycles. The first-order chi connectivity index (χ1) is 6.84. The van der Waals surface area contributed by atoms with E-state index in [4.69, 9.17) is 4.74 Å². The van der Waals surface area contributed by atoms with Crippen LogP contribution in [0.2, 0.25) is 0 Å². The summed E-state index contributed by atoms with van der Waals surface area (Å²) in [6.45, 7) is 3.69. The molecule has 4 nitrogen and oxygen atoms in total. The molecule has 2 heterocycles. The Balaban J connectivity index is 1.82. The highest BCUT2D eigenvalue weighted by Gasteiger charge is 2.14. The maximum atomic E-state index is 5.56. The van der Waals surface area contributed by atoms with Crippen LogP contribution >= 0.6 is 0 Å². The molecule has 1 saturated heterocycles. The van der Waals surface area contributed by atoms with Gasteiger partial charge < -0.3 is 10.1 Å². The Bertz CT molecular complexity index is 280. The Morgan fingerprint density at radius 3 is 2.93 bits per heavy atom. The smallest absolute Gasteiger partial charge is 0.155 e. The Kier molecular flexibility index (Phi) is 2.93. The molecule has 1 unspecified atom stereocenters. The predicted molar refractivity (Wildman–Crippen MR) is 53.3 cm³/mol. The summed E-state index contributed by atoms with van der Waals surface area (Å²) in [6, 6.07) is 0.497. The summed E-state index contributed by atoms with van der Waals surface area (Å²) in [5.74, 6) is 1.53. The molecule has 4 heteroatoms. The zero-order valence-corrected chi connectivity index (χ0v) is 8.36. The van der Waals surface area contributed by atoms with Crippen LogP contribution in [-0.4, -0.2) is 29.2 Å². The lowest BCUT2D eigenvalue weighted by Crippen LogP contribution is -2.28. The molecule has 2 rings (SSSR count). The molecule has 0 aromatic carbocycles. The Morgan fingerprint density at radius 1 is 1.50 bits per heavy atom. The maximum absolute atomic E-state index is 5.56. The number of aromatic nitrogens is 2. The predicted octanol–water partition coefficient (Wildman–Crippen LogP) is 0.916. The number of nitrogens with one attached hydrogen (secondary N) is 1. The van der Waals surface area contributed by atoms with Gasteiger partial charge in [0.25, 0.3) is 0 Å². The van der Waals surface area contributed by atoms with Crippen molar-refractivity contribution >= 4 is 0 Å². The van der Waals surface area contributed by atoms with Gasteiger partial charge in [-0.15, -0.1) is 0 Å². The number of aryl methyl sites for hydroxylation is 1. The molecule has 14 heavy (non-hydrogen) atoms. The van der Waals surface area contributed by atoms with E-state index in [1.165, 1.54) is 12.8 Å². The van der Waals surface area contributed by atoms with Gasteiger partial charge in [-0.05, 0) is 26.3 Å². The molecule has 0 spiro atoms. The fraction of sp³-hybridized carbons (Fsp3) is 0.600. The Morgan fingerprint density at radius 2 is 2.29 bits per heavy atom. The second-order valence-corrected chi connectivity index (χ2v) is 3.57. The van der Waals surface area contributed by atoms with Crippen molar-refractivity contribution in [3.8, 4) is 5.75 Å². The molecule has 0 saturated carbocycles. The molecule has 76 valence electrons. The first-order valence-corrected chi connectivity index (χ1v) is 4.99. The van der Waals surface area contributed by atoms with E-state index in [-0.39, 0.29) is 0 Å². The first-order valence-electron chi connectivity index (χ1n) is 4.99. The SMILES string of the molecule is Cc1ncc(OCC2CCCN2)cn1. The molecule has 0 bridgehead atoms. The molecule has 0 radical (unpaired) electrons. The van der Waals surface area contributed by atoms with Gasteiger partial charge in [-0.3, -0.25) is 0 Å². The fourth-order valence-corrected chi connectivity index (χ4v) is 1.55. The lowest BCUT2D eigenvalue weighted by atomic mass is 10.2. The van der Waals surface area contributed by atoms with Crippen LogP contribution in [0.5, 0.6) is 5.75 Å². The van der Waals surface area contributed by atoms with Gasteiger partial charge in [-0.2, -0.15) is 0 Å². The summed E-state index contributed by atoms with van der Waals surface area (Å²) in [5.41, 5.74) is 0. The zero-order valence-electron chi connectivity index (χ0n) is 8.36. The van der Waals surface area contributed by atoms with E-state index in [1.54, 1.807) is 12.4 Å². The highest BCUT2D eigenvalue weighted by molar-refractivity contribution is 5.12. The van der Waals surface area contributed by atoms with Gasteiger partial charge in [0.05, 0.1) is 12.4 Å². The van der Waals surface area contributed by atoms with E-state index in [0.717, 1.165) is 18.1 Å². The molecule has 0 amide bonds. The molecule has 1 N–H and O–H groups in total. The summed E-state index contributed by atoms with van der Waals surface area (Å²) in [7, 11) is 0. The summed E-state index contributed by atoms with van der Waals surface area (Å²) in [6.07, 6.45) is 5.89.